The summed E-state index contributed by atoms with van der Waals surface area (Å²) in [5, 5.41) is 9.58. The van der Waals surface area contributed by atoms with Gasteiger partial charge in [0.05, 0.1) is 5.54 Å². The molecule has 0 atom stereocenters. The Morgan fingerprint density at radius 1 is 1.13 bits per heavy atom. The van der Waals surface area contributed by atoms with Crippen molar-refractivity contribution < 1.29 is 9.59 Å². The van der Waals surface area contributed by atoms with Crippen LogP contribution in [0.4, 0.5) is 10.6 Å². The predicted octanol–water partition coefficient (Wildman–Crippen LogP) is 3.25. The van der Waals surface area contributed by atoms with Gasteiger partial charge in [-0.3, -0.25) is 14.8 Å². The second-order valence-corrected chi connectivity index (χ2v) is 6.17. The molecule has 2 rings (SSSR count). The molecule has 1 heterocycles. The first-order chi connectivity index (χ1) is 10.8. The minimum Gasteiger partial charge on any atom is -0.325 e. The van der Waals surface area contributed by atoms with Crippen molar-refractivity contribution >= 4 is 17.6 Å². The Morgan fingerprint density at radius 2 is 1.78 bits per heavy atom. The lowest BCUT2D eigenvalue weighted by Crippen LogP contribution is -2.51. The number of Topliss-reactive ketones (excluding diaryl/α,β-unsaturated/α-hetero) is 1. The van der Waals surface area contributed by atoms with Crippen LogP contribution in [0.2, 0.25) is 0 Å². The minimum absolute atomic E-state index is 0.152. The average Bonchev–Trinajstić information content (AvgIpc) is 2.95. The topological polar surface area (TPSA) is 76.0 Å². The number of benzene rings is 1. The molecular formula is C17H22N4O2. The Labute approximate surface area is 135 Å². The van der Waals surface area contributed by atoms with E-state index in [0.29, 0.717) is 11.4 Å². The van der Waals surface area contributed by atoms with Crippen LogP contribution in [0.5, 0.6) is 0 Å². The van der Waals surface area contributed by atoms with Crippen LogP contribution in [0.1, 0.15) is 44.1 Å². The van der Waals surface area contributed by atoms with Crippen LogP contribution in [0.15, 0.2) is 42.6 Å². The zero-order valence-electron chi connectivity index (χ0n) is 13.8. The zero-order valence-corrected chi connectivity index (χ0v) is 13.8. The van der Waals surface area contributed by atoms with Gasteiger partial charge in [-0.2, -0.15) is 5.10 Å². The van der Waals surface area contributed by atoms with Gasteiger partial charge in [0, 0.05) is 23.9 Å². The third kappa shape index (κ3) is 4.18. The third-order valence-corrected chi connectivity index (χ3v) is 3.41. The maximum Gasteiger partial charge on any atom is 0.321 e. The van der Waals surface area contributed by atoms with Crippen LogP contribution < -0.4 is 10.6 Å². The second kappa shape index (κ2) is 6.64. The SMILES string of the molecule is CC(C)n1ccc(NC(=O)NC(C)(C)C(=O)c2ccccc2)n1. The van der Waals surface area contributed by atoms with Gasteiger partial charge in [0.15, 0.2) is 11.6 Å². The van der Waals surface area contributed by atoms with E-state index in [4.69, 9.17) is 0 Å². The van der Waals surface area contributed by atoms with Crippen LogP contribution in [-0.4, -0.2) is 27.1 Å². The number of urea groups is 1. The molecule has 0 saturated heterocycles. The smallest absolute Gasteiger partial charge is 0.321 e. The summed E-state index contributed by atoms with van der Waals surface area (Å²) >= 11 is 0. The van der Waals surface area contributed by atoms with Crippen molar-refractivity contribution in [3.05, 3.63) is 48.2 Å². The van der Waals surface area contributed by atoms with Crippen molar-refractivity contribution in [1.82, 2.24) is 15.1 Å². The van der Waals surface area contributed by atoms with Crippen LogP contribution in [0, 0.1) is 0 Å². The van der Waals surface area contributed by atoms with E-state index in [1.54, 1.807) is 55.1 Å². The highest BCUT2D eigenvalue weighted by molar-refractivity contribution is 6.05. The van der Waals surface area contributed by atoms with Gasteiger partial charge in [-0.05, 0) is 27.7 Å². The van der Waals surface area contributed by atoms with Crippen molar-refractivity contribution in [2.45, 2.75) is 39.3 Å². The molecular weight excluding hydrogens is 292 g/mol. The second-order valence-electron chi connectivity index (χ2n) is 6.17. The first-order valence-corrected chi connectivity index (χ1v) is 7.54. The standard InChI is InChI=1S/C17H22N4O2/c1-12(2)21-11-10-14(20-21)18-16(23)19-17(3,4)15(22)13-8-6-5-7-9-13/h5-12H,1-4H3,(H2,18,19,20,23). The number of nitrogens with zero attached hydrogens (tertiary/aromatic N) is 2. The lowest BCUT2D eigenvalue weighted by Gasteiger charge is -2.24. The highest BCUT2D eigenvalue weighted by Gasteiger charge is 2.30. The minimum atomic E-state index is -1.02. The lowest BCUT2D eigenvalue weighted by atomic mass is 9.93. The summed E-state index contributed by atoms with van der Waals surface area (Å²) in [7, 11) is 0. The zero-order chi connectivity index (χ0) is 17.0. The number of amides is 2. The van der Waals surface area contributed by atoms with Gasteiger partial charge >= 0.3 is 6.03 Å². The summed E-state index contributed by atoms with van der Waals surface area (Å²) < 4.78 is 1.75. The molecule has 1 aromatic carbocycles. The number of hydrogen-bond donors (Lipinski definition) is 2. The van der Waals surface area contributed by atoms with E-state index < -0.39 is 11.6 Å². The molecule has 0 fully saturated rings. The van der Waals surface area contributed by atoms with E-state index in [2.05, 4.69) is 15.7 Å². The molecule has 0 unspecified atom stereocenters. The molecule has 0 aliphatic carbocycles. The van der Waals surface area contributed by atoms with Gasteiger partial charge in [0.2, 0.25) is 0 Å². The Kier molecular flexibility index (Phi) is 4.83. The Bertz CT molecular complexity index is 690. The highest BCUT2D eigenvalue weighted by Crippen LogP contribution is 2.14. The van der Waals surface area contributed by atoms with Crippen molar-refractivity contribution in [2.75, 3.05) is 5.32 Å². The molecule has 0 spiro atoms. The van der Waals surface area contributed by atoms with Crippen molar-refractivity contribution in [1.29, 1.82) is 0 Å². The molecule has 1 aromatic heterocycles. The highest BCUT2D eigenvalue weighted by atomic mass is 16.2. The van der Waals surface area contributed by atoms with Crippen LogP contribution in [-0.2, 0) is 0 Å². The molecule has 6 heteroatoms. The lowest BCUT2D eigenvalue weighted by molar-refractivity contribution is 0.0890. The summed E-state index contributed by atoms with van der Waals surface area (Å²) in [4.78, 5) is 24.6. The van der Waals surface area contributed by atoms with Gasteiger partial charge in [-0.1, -0.05) is 30.3 Å². The van der Waals surface area contributed by atoms with E-state index in [1.807, 2.05) is 19.9 Å². The molecule has 2 aromatic rings. The summed E-state index contributed by atoms with van der Waals surface area (Å²) in [5.41, 5.74) is -0.464. The monoisotopic (exact) mass is 314 g/mol. The van der Waals surface area contributed by atoms with Gasteiger partial charge in [0.25, 0.3) is 0 Å². The molecule has 6 nitrogen and oxygen atoms in total. The fourth-order valence-corrected chi connectivity index (χ4v) is 2.13. The molecule has 23 heavy (non-hydrogen) atoms. The number of rotatable bonds is 5. The number of anilines is 1. The summed E-state index contributed by atoms with van der Waals surface area (Å²) in [6, 6.07) is 10.4. The number of ketones is 1. The molecule has 2 amide bonds. The van der Waals surface area contributed by atoms with Crippen molar-refractivity contribution in [3.8, 4) is 0 Å². The summed E-state index contributed by atoms with van der Waals surface area (Å²) in [6.45, 7) is 7.35. The Hall–Kier alpha value is -2.63. The van der Waals surface area contributed by atoms with Crippen LogP contribution in [0.3, 0.4) is 0 Å². The van der Waals surface area contributed by atoms with Crippen molar-refractivity contribution in [2.24, 2.45) is 0 Å². The van der Waals surface area contributed by atoms with E-state index >= 15 is 0 Å². The van der Waals surface area contributed by atoms with E-state index in [9.17, 15) is 9.59 Å². The fraction of sp³-hybridized carbons (Fsp3) is 0.353. The Balaban J connectivity index is 2.01. The van der Waals surface area contributed by atoms with Crippen molar-refractivity contribution in [3.63, 3.8) is 0 Å². The molecule has 122 valence electrons. The van der Waals surface area contributed by atoms with Gasteiger partial charge in [-0.15, -0.1) is 0 Å². The molecule has 0 aliphatic rings. The first kappa shape index (κ1) is 16.7. The number of nitrogens with one attached hydrogen (secondary N) is 2. The number of carbonyl (C=O) groups excluding carboxylic acids is 2. The number of hydrogen-bond acceptors (Lipinski definition) is 3. The molecule has 0 bridgehead atoms. The van der Waals surface area contributed by atoms with E-state index in [0.717, 1.165) is 0 Å². The molecule has 2 N–H and O–H groups in total. The quantitative estimate of drug-likeness (QED) is 0.832. The number of carbonyl (C=O) groups is 2. The first-order valence-electron chi connectivity index (χ1n) is 7.54. The molecule has 0 aliphatic heterocycles. The van der Waals surface area contributed by atoms with Crippen LogP contribution in [0.25, 0.3) is 0 Å². The predicted molar refractivity (Wildman–Crippen MR) is 89.6 cm³/mol. The number of aromatic nitrogens is 2. The largest absolute Gasteiger partial charge is 0.325 e. The summed E-state index contributed by atoms with van der Waals surface area (Å²) in [5.74, 6) is 0.292. The summed E-state index contributed by atoms with van der Waals surface area (Å²) in [6.07, 6.45) is 1.79. The van der Waals surface area contributed by atoms with E-state index in [-0.39, 0.29) is 11.8 Å². The maximum atomic E-state index is 12.5. The molecule has 0 saturated carbocycles. The van der Waals surface area contributed by atoms with Gasteiger partial charge < -0.3 is 5.32 Å². The van der Waals surface area contributed by atoms with Gasteiger partial charge in [0.1, 0.15) is 0 Å². The maximum absolute atomic E-state index is 12.5. The Morgan fingerprint density at radius 3 is 2.35 bits per heavy atom. The normalized spacial score (nSPS) is 11.3. The van der Waals surface area contributed by atoms with Gasteiger partial charge in [-0.25, -0.2) is 4.79 Å². The van der Waals surface area contributed by atoms with Crippen LogP contribution >= 0.6 is 0 Å². The molecule has 0 radical (unpaired) electrons. The fourth-order valence-electron chi connectivity index (χ4n) is 2.13. The van der Waals surface area contributed by atoms with E-state index in [1.165, 1.54) is 0 Å². The third-order valence-electron chi connectivity index (χ3n) is 3.41. The average molecular weight is 314 g/mol.